The average Bonchev–Trinajstić information content (AvgIpc) is 2.39. The number of amides is 1. The van der Waals surface area contributed by atoms with Gasteiger partial charge in [-0.3, -0.25) is 4.79 Å². The molecule has 1 aliphatic heterocycles. The standard InChI is InChI=1S/C13H16ClNO3S/c1-10-2-4-11(5-3-10)19(17,18)12-6-8-15(9-7-12)13(14)16/h2-5,12H,6-9H2,1H3. The van der Waals surface area contributed by atoms with E-state index in [1.54, 1.807) is 24.3 Å². The highest BCUT2D eigenvalue weighted by Crippen LogP contribution is 2.25. The molecule has 4 nitrogen and oxygen atoms in total. The molecule has 1 aliphatic rings. The van der Waals surface area contributed by atoms with E-state index in [1.165, 1.54) is 4.90 Å². The first kappa shape index (κ1) is 14.3. The quantitative estimate of drug-likeness (QED) is 0.623. The minimum absolute atomic E-state index is 0.355. The van der Waals surface area contributed by atoms with Crippen molar-refractivity contribution >= 4 is 26.8 Å². The van der Waals surface area contributed by atoms with Crippen LogP contribution in [0.25, 0.3) is 0 Å². The molecule has 0 atom stereocenters. The molecule has 0 bridgehead atoms. The normalized spacial score (nSPS) is 17.5. The van der Waals surface area contributed by atoms with E-state index in [9.17, 15) is 13.2 Å². The van der Waals surface area contributed by atoms with Crippen LogP contribution in [0.1, 0.15) is 18.4 Å². The summed E-state index contributed by atoms with van der Waals surface area (Å²) in [7, 11) is -3.31. The smallest absolute Gasteiger partial charge is 0.316 e. The Morgan fingerprint density at radius 1 is 1.21 bits per heavy atom. The number of benzene rings is 1. The van der Waals surface area contributed by atoms with Crippen molar-refractivity contribution in [2.24, 2.45) is 0 Å². The van der Waals surface area contributed by atoms with Gasteiger partial charge in [-0.15, -0.1) is 0 Å². The third-order valence-corrected chi connectivity index (χ3v) is 6.00. The van der Waals surface area contributed by atoms with Gasteiger partial charge in [-0.25, -0.2) is 8.42 Å². The van der Waals surface area contributed by atoms with Crippen LogP contribution in [-0.2, 0) is 9.84 Å². The molecule has 2 rings (SSSR count). The highest BCUT2D eigenvalue weighted by atomic mass is 35.5. The number of sulfone groups is 1. The lowest BCUT2D eigenvalue weighted by Crippen LogP contribution is -2.40. The van der Waals surface area contributed by atoms with Crippen LogP contribution in [0.5, 0.6) is 0 Å². The van der Waals surface area contributed by atoms with Crippen molar-refractivity contribution in [1.29, 1.82) is 0 Å². The van der Waals surface area contributed by atoms with Crippen molar-refractivity contribution in [3.63, 3.8) is 0 Å². The van der Waals surface area contributed by atoms with Gasteiger partial charge in [-0.1, -0.05) is 17.7 Å². The zero-order valence-electron chi connectivity index (χ0n) is 10.7. The molecule has 1 saturated heterocycles. The summed E-state index contributed by atoms with van der Waals surface area (Å²) in [5, 5.41) is -0.936. The summed E-state index contributed by atoms with van der Waals surface area (Å²) in [6.45, 7) is 2.72. The molecule has 0 saturated carbocycles. The summed E-state index contributed by atoms with van der Waals surface area (Å²) in [5.74, 6) is 0. The van der Waals surface area contributed by atoms with E-state index in [4.69, 9.17) is 11.6 Å². The Hall–Kier alpha value is -1.07. The molecule has 1 fully saturated rings. The van der Waals surface area contributed by atoms with E-state index in [-0.39, 0.29) is 0 Å². The summed E-state index contributed by atoms with van der Waals surface area (Å²) in [6.07, 6.45) is 0.878. The number of rotatable bonds is 2. The van der Waals surface area contributed by atoms with Crippen LogP contribution in [0.4, 0.5) is 4.79 Å². The summed E-state index contributed by atoms with van der Waals surface area (Å²) in [6, 6.07) is 6.88. The average molecular weight is 302 g/mol. The number of hydrogen-bond acceptors (Lipinski definition) is 3. The molecule has 104 valence electrons. The molecule has 0 aromatic heterocycles. The van der Waals surface area contributed by atoms with Crippen LogP contribution in [0, 0.1) is 6.92 Å². The molecule has 0 unspecified atom stereocenters. The highest BCUT2D eigenvalue weighted by Gasteiger charge is 2.32. The fraction of sp³-hybridized carbons (Fsp3) is 0.462. The van der Waals surface area contributed by atoms with E-state index in [0.29, 0.717) is 30.8 Å². The molecule has 1 amide bonds. The minimum atomic E-state index is -3.31. The maximum atomic E-state index is 12.4. The SMILES string of the molecule is Cc1ccc(S(=O)(=O)C2CCN(C(=O)Cl)CC2)cc1. The van der Waals surface area contributed by atoms with Gasteiger partial charge in [0, 0.05) is 13.1 Å². The maximum Gasteiger partial charge on any atom is 0.316 e. The van der Waals surface area contributed by atoms with Gasteiger partial charge in [-0.2, -0.15) is 0 Å². The Kier molecular flexibility index (Phi) is 4.16. The van der Waals surface area contributed by atoms with Crippen LogP contribution in [-0.4, -0.2) is 37.0 Å². The lowest BCUT2D eigenvalue weighted by molar-refractivity contribution is 0.210. The first-order chi connectivity index (χ1) is 8.91. The Bertz CT molecular complexity index is 560. The molecule has 0 radical (unpaired) electrons. The Morgan fingerprint density at radius 2 is 1.74 bits per heavy atom. The van der Waals surface area contributed by atoms with Gasteiger partial charge < -0.3 is 4.90 Å². The van der Waals surface area contributed by atoms with Crippen LogP contribution >= 0.6 is 11.6 Å². The highest BCUT2D eigenvalue weighted by molar-refractivity contribution is 7.92. The van der Waals surface area contributed by atoms with E-state index < -0.39 is 20.5 Å². The summed E-state index contributed by atoms with van der Waals surface area (Å²) < 4.78 is 24.9. The van der Waals surface area contributed by atoms with Crippen LogP contribution in [0.15, 0.2) is 29.2 Å². The fourth-order valence-corrected chi connectivity index (χ4v) is 4.16. The number of carbonyl (C=O) groups excluding carboxylic acids is 1. The van der Waals surface area contributed by atoms with Gasteiger partial charge >= 0.3 is 5.37 Å². The van der Waals surface area contributed by atoms with Gasteiger partial charge in [0.2, 0.25) is 0 Å². The predicted molar refractivity (Wildman–Crippen MR) is 74.2 cm³/mol. The number of likely N-dealkylation sites (tertiary alicyclic amines) is 1. The monoisotopic (exact) mass is 301 g/mol. The van der Waals surface area contributed by atoms with Gasteiger partial charge in [0.25, 0.3) is 0 Å². The molecule has 0 aliphatic carbocycles. The Morgan fingerprint density at radius 3 is 2.21 bits per heavy atom. The first-order valence-electron chi connectivity index (χ1n) is 6.16. The number of halogens is 1. The molecular formula is C13H16ClNO3S. The number of hydrogen-bond donors (Lipinski definition) is 0. The van der Waals surface area contributed by atoms with Gasteiger partial charge in [0.15, 0.2) is 9.84 Å². The number of carbonyl (C=O) groups is 1. The van der Waals surface area contributed by atoms with Crippen molar-refractivity contribution < 1.29 is 13.2 Å². The maximum absolute atomic E-state index is 12.4. The predicted octanol–water partition coefficient (Wildman–Crippen LogP) is 2.59. The van der Waals surface area contributed by atoms with Crippen LogP contribution < -0.4 is 0 Å². The molecule has 1 aromatic carbocycles. The second-order valence-electron chi connectivity index (χ2n) is 4.80. The zero-order chi connectivity index (χ0) is 14.0. The molecular weight excluding hydrogens is 286 g/mol. The van der Waals surface area contributed by atoms with Crippen LogP contribution in [0.3, 0.4) is 0 Å². The first-order valence-corrected chi connectivity index (χ1v) is 8.08. The molecule has 0 spiro atoms. The van der Waals surface area contributed by atoms with E-state index in [1.807, 2.05) is 6.92 Å². The van der Waals surface area contributed by atoms with Gasteiger partial charge in [0.1, 0.15) is 0 Å². The number of piperidine rings is 1. The second kappa shape index (κ2) is 5.51. The molecule has 6 heteroatoms. The van der Waals surface area contributed by atoms with Crippen molar-refractivity contribution in [1.82, 2.24) is 4.90 Å². The summed E-state index contributed by atoms with van der Waals surface area (Å²) in [5.41, 5.74) is 1.03. The third kappa shape index (κ3) is 3.09. The van der Waals surface area contributed by atoms with Gasteiger partial charge in [-0.05, 0) is 43.5 Å². The van der Waals surface area contributed by atoms with Crippen molar-refractivity contribution in [3.05, 3.63) is 29.8 Å². The third-order valence-electron chi connectivity index (χ3n) is 3.48. The minimum Gasteiger partial charge on any atom is -0.329 e. The molecule has 0 N–H and O–H groups in total. The molecule has 1 heterocycles. The summed E-state index contributed by atoms with van der Waals surface area (Å²) in [4.78, 5) is 12.8. The lowest BCUT2D eigenvalue weighted by Gasteiger charge is -2.30. The second-order valence-corrected chi connectivity index (χ2v) is 7.35. The van der Waals surface area contributed by atoms with Crippen molar-refractivity contribution in [3.8, 4) is 0 Å². The Balaban J connectivity index is 2.14. The number of aryl methyl sites for hydroxylation is 1. The molecule has 19 heavy (non-hydrogen) atoms. The molecule has 1 aromatic rings. The van der Waals surface area contributed by atoms with Crippen molar-refractivity contribution in [2.75, 3.05) is 13.1 Å². The van der Waals surface area contributed by atoms with E-state index >= 15 is 0 Å². The summed E-state index contributed by atoms with van der Waals surface area (Å²) >= 11 is 5.39. The van der Waals surface area contributed by atoms with Gasteiger partial charge in [0.05, 0.1) is 10.1 Å². The largest absolute Gasteiger partial charge is 0.329 e. The topological polar surface area (TPSA) is 54.5 Å². The van der Waals surface area contributed by atoms with Crippen molar-refractivity contribution in [2.45, 2.75) is 29.9 Å². The Labute approximate surface area is 118 Å². The van der Waals surface area contributed by atoms with E-state index in [2.05, 4.69) is 0 Å². The lowest BCUT2D eigenvalue weighted by atomic mass is 10.1. The fourth-order valence-electron chi connectivity index (χ4n) is 2.26. The van der Waals surface area contributed by atoms with E-state index in [0.717, 1.165) is 5.56 Å². The number of nitrogens with zero attached hydrogens (tertiary/aromatic N) is 1. The van der Waals surface area contributed by atoms with Crippen LogP contribution in [0.2, 0.25) is 0 Å². The zero-order valence-corrected chi connectivity index (χ0v) is 12.2.